The first-order valence-electron chi connectivity index (χ1n) is 6.23. The van der Waals surface area contributed by atoms with E-state index in [1.165, 1.54) is 13.8 Å². The Hall–Kier alpha value is -0.780. The molecule has 1 amide bonds. The standard InChI is InChI=1S/C13H15Cl2NO3S/c1-7(2)20(18,19)16-13(17)10-6-9(10)8-4-3-5-11(14)12(8)15/h3-5,7,9-10H,6H2,1-2H3,(H,16,17). The highest BCUT2D eigenvalue weighted by Gasteiger charge is 2.46. The maximum absolute atomic E-state index is 11.9. The number of hydrogen-bond acceptors (Lipinski definition) is 3. The van der Waals surface area contributed by atoms with E-state index in [0.717, 1.165) is 5.56 Å². The zero-order valence-electron chi connectivity index (χ0n) is 11.1. The van der Waals surface area contributed by atoms with Gasteiger partial charge < -0.3 is 0 Å². The number of hydrogen-bond donors (Lipinski definition) is 1. The van der Waals surface area contributed by atoms with Crippen molar-refractivity contribution in [1.82, 2.24) is 4.72 Å². The summed E-state index contributed by atoms with van der Waals surface area (Å²) < 4.78 is 25.4. The van der Waals surface area contributed by atoms with E-state index in [1.807, 2.05) is 6.07 Å². The molecule has 0 spiro atoms. The fourth-order valence-electron chi connectivity index (χ4n) is 1.97. The lowest BCUT2D eigenvalue weighted by Gasteiger charge is -2.09. The molecule has 2 atom stereocenters. The minimum absolute atomic E-state index is 0.0661. The average molecular weight is 336 g/mol. The van der Waals surface area contributed by atoms with Crippen molar-refractivity contribution in [3.05, 3.63) is 33.8 Å². The number of carbonyl (C=O) groups excluding carboxylic acids is 1. The van der Waals surface area contributed by atoms with Crippen molar-refractivity contribution in [2.45, 2.75) is 31.4 Å². The highest BCUT2D eigenvalue weighted by atomic mass is 35.5. The van der Waals surface area contributed by atoms with E-state index in [9.17, 15) is 13.2 Å². The Labute approximate surface area is 128 Å². The first-order chi connectivity index (χ1) is 9.24. The molecule has 7 heteroatoms. The monoisotopic (exact) mass is 335 g/mol. The molecule has 0 heterocycles. The molecule has 1 aliphatic rings. The summed E-state index contributed by atoms with van der Waals surface area (Å²) in [6, 6.07) is 5.25. The Morgan fingerprint density at radius 2 is 2.00 bits per heavy atom. The van der Waals surface area contributed by atoms with Crippen LogP contribution in [-0.2, 0) is 14.8 Å². The molecule has 2 rings (SSSR count). The molecule has 2 unspecified atom stereocenters. The summed E-state index contributed by atoms with van der Waals surface area (Å²) in [5, 5.41) is 0.226. The van der Waals surface area contributed by atoms with Gasteiger partial charge in [0, 0.05) is 5.92 Å². The molecule has 1 aliphatic carbocycles. The predicted molar refractivity (Wildman–Crippen MR) is 79.5 cm³/mol. The second-order valence-electron chi connectivity index (χ2n) is 5.15. The van der Waals surface area contributed by atoms with E-state index in [1.54, 1.807) is 12.1 Å². The molecule has 1 N–H and O–H groups in total. The van der Waals surface area contributed by atoms with E-state index < -0.39 is 21.2 Å². The number of halogens is 2. The van der Waals surface area contributed by atoms with Crippen LogP contribution in [0.4, 0.5) is 0 Å². The number of carbonyl (C=O) groups is 1. The first kappa shape index (κ1) is 15.6. The number of nitrogens with one attached hydrogen (secondary N) is 1. The zero-order chi connectivity index (χ0) is 15.1. The van der Waals surface area contributed by atoms with Crippen LogP contribution in [0.2, 0.25) is 10.0 Å². The van der Waals surface area contributed by atoms with Crippen LogP contribution < -0.4 is 4.72 Å². The van der Waals surface area contributed by atoms with E-state index in [-0.39, 0.29) is 11.8 Å². The van der Waals surface area contributed by atoms with Crippen LogP contribution in [0, 0.1) is 5.92 Å². The lowest BCUT2D eigenvalue weighted by atomic mass is 10.1. The molecule has 0 radical (unpaired) electrons. The van der Waals surface area contributed by atoms with E-state index in [2.05, 4.69) is 4.72 Å². The molecular weight excluding hydrogens is 321 g/mol. The maximum Gasteiger partial charge on any atom is 0.237 e. The fourth-order valence-corrected chi connectivity index (χ4v) is 3.08. The van der Waals surface area contributed by atoms with E-state index >= 15 is 0 Å². The molecule has 4 nitrogen and oxygen atoms in total. The van der Waals surface area contributed by atoms with Crippen LogP contribution in [-0.4, -0.2) is 19.6 Å². The number of sulfonamides is 1. The third kappa shape index (κ3) is 3.10. The van der Waals surface area contributed by atoms with Crippen molar-refractivity contribution < 1.29 is 13.2 Å². The van der Waals surface area contributed by atoms with Gasteiger partial charge in [0.05, 0.1) is 15.3 Å². The van der Waals surface area contributed by atoms with E-state index in [4.69, 9.17) is 23.2 Å². The molecular formula is C13H15Cl2NO3S. The van der Waals surface area contributed by atoms with Gasteiger partial charge in [-0.3, -0.25) is 9.52 Å². The minimum atomic E-state index is -3.58. The largest absolute Gasteiger partial charge is 0.274 e. The molecule has 20 heavy (non-hydrogen) atoms. The van der Waals surface area contributed by atoms with Crippen molar-refractivity contribution in [1.29, 1.82) is 0 Å². The van der Waals surface area contributed by atoms with Crippen molar-refractivity contribution in [2.75, 3.05) is 0 Å². The van der Waals surface area contributed by atoms with Crippen LogP contribution in [0.5, 0.6) is 0 Å². The lowest BCUT2D eigenvalue weighted by Crippen LogP contribution is -2.36. The molecule has 1 fully saturated rings. The Kier molecular flexibility index (Phi) is 4.33. The quantitative estimate of drug-likeness (QED) is 0.919. The van der Waals surface area contributed by atoms with Crippen LogP contribution in [0.25, 0.3) is 0 Å². The first-order valence-corrected chi connectivity index (χ1v) is 8.53. The SMILES string of the molecule is CC(C)S(=O)(=O)NC(=O)C1CC1c1cccc(Cl)c1Cl. The molecule has 0 aromatic heterocycles. The third-order valence-corrected chi connectivity index (χ3v) is 5.93. The Balaban J connectivity index is 2.09. The predicted octanol–water partition coefficient (Wildman–Crippen LogP) is 2.95. The van der Waals surface area contributed by atoms with Gasteiger partial charge in [-0.15, -0.1) is 0 Å². The third-order valence-electron chi connectivity index (χ3n) is 3.37. The van der Waals surface area contributed by atoms with Crippen LogP contribution in [0.15, 0.2) is 18.2 Å². The van der Waals surface area contributed by atoms with Crippen LogP contribution in [0.1, 0.15) is 31.7 Å². The highest BCUT2D eigenvalue weighted by molar-refractivity contribution is 7.90. The molecule has 1 saturated carbocycles. The molecule has 110 valence electrons. The van der Waals surface area contributed by atoms with Crippen molar-refractivity contribution in [2.24, 2.45) is 5.92 Å². The summed E-state index contributed by atoms with van der Waals surface area (Å²) in [5.74, 6) is -0.900. The van der Waals surface area contributed by atoms with Gasteiger partial charge in [-0.2, -0.15) is 0 Å². The second kappa shape index (κ2) is 5.54. The van der Waals surface area contributed by atoms with E-state index in [0.29, 0.717) is 16.5 Å². The summed E-state index contributed by atoms with van der Waals surface area (Å²) in [5.41, 5.74) is 0.793. The number of benzene rings is 1. The number of amides is 1. The Morgan fingerprint density at radius 3 is 2.60 bits per heavy atom. The van der Waals surface area contributed by atoms with Gasteiger partial charge in [0.15, 0.2) is 0 Å². The molecule has 0 aliphatic heterocycles. The fraction of sp³-hybridized carbons (Fsp3) is 0.462. The smallest absolute Gasteiger partial charge is 0.237 e. The summed E-state index contributed by atoms with van der Waals surface area (Å²) >= 11 is 12.0. The molecule has 0 saturated heterocycles. The van der Waals surface area contributed by atoms with Gasteiger partial charge in [-0.05, 0) is 37.8 Å². The van der Waals surface area contributed by atoms with Gasteiger partial charge in [-0.1, -0.05) is 35.3 Å². The summed E-state index contributed by atoms with van der Waals surface area (Å²) in [4.78, 5) is 11.9. The van der Waals surface area contributed by atoms with Crippen LogP contribution in [0.3, 0.4) is 0 Å². The molecule has 0 bridgehead atoms. The minimum Gasteiger partial charge on any atom is -0.274 e. The topological polar surface area (TPSA) is 63.2 Å². The maximum atomic E-state index is 11.9. The molecule has 1 aromatic rings. The van der Waals surface area contributed by atoms with Crippen molar-refractivity contribution in [3.63, 3.8) is 0 Å². The van der Waals surface area contributed by atoms with Gasteiger partial charge in [0.1, 0.15) is 0 Å². The summed E-state index contributed by atoms with van der Waals surface area (Å²) in [7, 11) is -3.58. The summed E-state index contributed by atoms with van der Waals surface area (Å²) in [6.07, 6.45) is 0.583. The highest BCUT2D eigenvalue weighted by Crippen LogP contribution is 2.50. The average Bonchev–Trinajstić information content (AvgIpc) is 3.12. The van der Waals surface area contributed by atoms with Gasteiger partial charge in [0.2, 0.25) is 15.9 Å². The lowest BCUT2D eigenvalue weighted by molar-refractivity contribution is -0.120. The van der Waals surface area contributed by atoms with Gasteiger partial charge in [0.25, 0.3) is 0 Å². The molecule has 1 aromatic carbocycles. The number of rotatable bonds is 4. The Bertz CT molecular complexity index is 643. The van der Waals surface area contributed by atoms with Gasteiger partial charge in [-0.25, -0.2) is 8.42 Å². The van der Waals surface area contributed by atoms with Crippen molar-refractivity contribution in [3.8, 4) is 0 Å². The normalized spacial score (nSPS) is 21.9. The van der Waals surface area contributed by atoms with Gasteiger partial charge >= 0.3 is 0 Å². The van der Waals surface area contributed by atoms with Crippen molar-refractivity contribution >= 4 is 39.1 Å². The summed E-state index contributed by atoms with van der Waals surface area (Å²) in [6.45, 7) is 3.04. The Morgan fingerprint density at radius 1 is 1.35 bits per heavy atom. The zero-order valence-corrected chi connectivity index (χ0v) is 13.4. The second-order valence-corrected chi connectivity index (χ2v) is 8.17. The van der Waals surface area contributed by atoms with Crippen LogP contribution >= 0.6 is 23.2 Å².